The number of nitrogens with one attached hydrogen (secondary N) is 2. The van der Waals surface area contributed by atoms with Crippen molar-refractivity contribution < 1.29 is 9.53 Å². The zero-order chi connectivity index (χ0) is 21.9. The smallest absolute Gasteiger partial charge is 0.251 e. The summed E-state index contributed by atoms with van der Waals surface area (Å²) in [4.78, 5) is 12.1. The molecule has 0 aliphatic carbocycles. The molecular weight excluding hydrogens is 386 g/mol. The lowest BCUT2D eigenvalue weighted by atomic mass is 10.1. The van der Waals surface area contributed by atoms with E-state index in [0.29, 0.717) is 37.4 Å². The molecule has 3 rings (SSSR count). The van der Waals surface area contributed by atoms with Crippen LogP contribution in [0.4, 0.5) is 0 Å². The first-order chi connectivity index (χ1) is 15.2. The Hall–Kier alpha value is -3.62. The van der Waals surface area contributed by atoms with Crippen molar-refractivity contribution in [3.63, 3.8) is 0 Å². The van der Waals surface area contributed by atoms with Gasteiger partial charge >= 0.3 is 0 Å². The third-order valence-corrected chi connectivity index (χ3v) is 4.74. The Morgan fingerprint density at radius 3 is 2.42 bits per heavy atom. The van der Waals surface area contributed by atoms with Gasteiger partial charge in [-0.2, -0.15) is 5.26 Å². The number of carbonyl (C=O) groups is 1. The van der Waals surface area contributed by atoms with Gasteiger partial charge in [0.05, 0.1) is 11.6 Å². The summed E-state index contributed by atoms with van der Waals surface area (Å²) in [5, 5.41) is 15.3. The summed E-state index contributed by atoms with van der Waals surface area (Å²) in [5.74, 6) is 0.755. The van der Waals surface area contributed by atoms with Crippen LogP contribution in [0, 0.1) is 11.3 Å². The van der Waals surface area contributed by atoms with Crippen molar-refractivity contribution in [3.8, 4) is 11.8 Å². The van der Waals surface area contributed by atoms with Gasteiger partial charge in [-0.05, 0) is 59.5 Å². The number of nitriles is 1. The Kier molecular flexibility index (Phi) is 8.21. The quantitative estimate of drug-likeness (QED) is 0.511. The molecule has 3 aromatic rings. The lowest BCUT2D eigenvalue weighted by Gasteiger charge is -2.10. The van der Waals surface area contributed by atoms with Crippen LogP contribution in [-0.2, 0) is 19.7 Å². The predicted molar refractivity (Wildman–Crippen MR) is 122 cm³/mol. The van der Waals surface area contributed by atoms with Crippen LogP contribution in [0.3, 0.4) is 0 Å². The molecule has 0 saturated heterocycles. The third-order valence-electron chi connectivity index (χ3n) is 4.74. The fourth-order valence-corrected chi connectivity index (χ4v) is 3.16. The van der Waals surface area contributed by atoms with Crippen LogP contribution in [0.25, 0.3) is 0 Å². The topological polar surface area (TPSA) is 74.2 Å². The zero-order valence-corrected chi connectivity index (χ0v) is 17.7. The molecular formula is C26H27N3O2. The van der Waals surface area contributed by atoms with Gasteiger partial charge in [-0.15, -0.1) is 0 Å². The molecule has 0 spiro atoms. The van der Waals surface area contributed by atoms with Gasteiger partial charge < -0.3 is 15.4 Å². The second-order valence-electron chi connectivity index (χ2n) is 7.31. The maximum absolute atomic E-state index is 12.1. The van der Waals surface area contributed by atoms with Crippen LogP contribution in [-0.4, -0.2) is 12.5 Å². The first-order valence-electron chi connectivity index (χ1n) is 10.5. The fraction of sp³-hybridized carbons (Fsp3) is 0.231. The zero-order valence-electron chi connectivity index (χ0n) is 17.7. The van der Waals surface area contributed by atoms with E-state index in [1.54, 1.807) is 6.07 Å². The largest absolute Gasteiger partial charge is 0.489 e. The number of benzene rings is 3. The summed E-state index contributed by atoms with van der Waals surface area (Å²) in [6, 6.07) is 25.2. The fourth-order valence-electron chi connectivity index (χ4n) is 3.16. The Bertz CT molecular complexity index is 1060. The van der Waals surface area contributed by atoms with Gasteiger partial charge in [-0.1, -0.05) is 43.3 Å². The molecule has 3 aromatic carbocycles. The van der Waals surface area contributed by atoms with Crippen molar-refractivity contribution in [2.24, 2.45) is 0 Å². The third kappa shape index (κ3) is 6.98. The van der Waals surface area contributed by atoms with Crippen LogP contribution in [0.15, 0.2) is 72.8 Å². The molecule has 5 nitrogen and oxygen atoms in total. The van der Waals surface area contributed by atoms with Gasteiger partial charge in [0.15, 0.2) is 0 Å². The molecule has 31 heavy (non-hydrogen) atoms. The number of hydrogen-bond donors (Lipinski definition) is 2. The molecule has 0 saturated carbocycles. The van der Waals surface area contributed by atoms with E-state index in [1.165, 1.54) is 0 Å². The van der Waals surface area contributed by atoms with E-state index in [9.17, 15) is 4.79 Å². The Labute approximate surface area is 183 Å². The SMILES string of the molecule is CCCNC(=O)c1cccc(CNCc2cccc(OCc3cccc(C#N)c3)c2)c1. The van der Waals surface area contributed by atoms with E-state index in [2.05, 4.69) is 16.7 Å². The Balaban J connectivity index is 1.51. The van der Waals surface area contributed by atoms with Gasteiger partial charge in [0.25, 0.3) is 5.91 Å². The molecule has 0 fully saturated rings. The predicted octanol–water partition coefficient (Wildman–Crippen LogP) is 4.57. The summed E-state index contributed by atoms with van der Waals surface area (Å²) in [5.41, 5.74) is 4.45. The molecule has 5 heteroatoms. The van der Waals surface area contributed by atoms with Gasteiger partial charge in [0, 0.05) is 25.2 Å². The molecule has 1 amide bonds. The highest BCUT2D eigenvalue weighted by atomic mass is 16.5. The standard InChI is InChI=1S/C26H27N3O2/c1-2-12-29-26(30)24-10-4-7-21(14-24)17-28-18-22-8-5-11-25(15-22)31-19-23-9-3-6-20(13-23)16-27/h3-11,13-15,28H,2,12,17-19H2,1H3,(H,29,30). The Morgan fingerprint density at radius 2 is 1.65 bits per heavy atom. The monoisotopic (exact) mass is 413 g/mol. The van der Waals surface area contributed by atoms with Crippen LogP contribution in [0.5, 0.6) is 5.75 Å². The molecule has 158 valence electrons. The lowest BCUT2D eigenvalue weighted by Crippen LogP contribution is -2.24. The van der Waals surface area contributed by atoms with Crippen molar-refractivity contribution in [1.29, 1.82) is 5.26 Å². The normalized spacial score (nSPS) is 10.3. The number of ether oxygens (including phenoxy) is 1. The average Bonchev–Trinajstić information content (AvgIpc) is 2.82. The summed E-state index contributed by atoms with van der Waals surface area (Å²) in [6.07, 6.45) is 0.919. The van der Waals surface area contributed by atoms with Crippen molar-refractivity contribution in [2.75, 3.05) is 6.54 Å². The Morgan fingerprint density at radius 1 is 0.935 bits per heavy atom. The second-order valence-corrected chi connectivity index (χ2v) is 7.31. The summed E-state index contributed by atoms with van der Waals surface area (Å²) in [6.45, 7) is 4.49. The number of hydrogen-bond acceptors (Lipinski definition) is 4. The number of carbonyl (C=O) groups excluding carboxylic acids is 1. The summed E-state index contributed by atoms with van der Waals surface area (Å²) < 4.78 is 5.89. The summed E-state index contributed by atoms with van der Waals surface area (Å²) in [7, 11) is 0. The molecule has 2 N–H and O–H groups in total. The van der Waals surface area contributed by atoms with E-state index in [-0.39, 0.29) is 5.91 Å². The number of rotatable bonds is 10. The van der Waals surface area contributed by atoms with Crippen molar-refractivity contribution in [1.82, 2.24) is 10.6 Å². The minimum atomic E-state index is -0.0335. The van der Waals surface area contributed by atoms with Crippen LogP contribution < -0.4 is 15.4 Å². The van der Waals surface area contributed by atoms with Gasteiger partial charge in [0.1, 0.15) is 12.4 Å². The molecule has 0 unspecified atom stereocenters. The first-order valence-corrected chi connectivity index (χ1v) is 10.5. The molecule has 0 radical (unpaired) electrons. The first kappa shape index (κ1) is 22.1. The lowest BCUT2D eigenvalue weighted by molar-refractivity contribution is 0.0953. The minimum absolute atomic E-state index is 0.0335. The molecule has 0 heterocycles. The maximum Gasteiger partial charge on any atom is 0.251 e. The molecule has 0 atom stereocenters. The van der Waals surface area contributed by atoms with Gasteiger partial charge in [-0.25, -0.2) is 0 Å². The number of nitrogens with zero attached hydrogens (tertiary/aromatic N) is 1. The van der Waals surface area contributed by atoms with E-state index >= 15 is 0 Å². The highest BCUT2D eigenvalue weighted by molar-refractivity contribution is 5.94. The van der Waals surface area contributed by atoms with E-state index in [0.717, 1.165) is 28.9 Å². The van der Waals surface area contributed by atoms with Gasteiger partial charge in [0.2, 0.25) is 0 Å². The van der Waals surface area contributed by atoms with Crippen LogP contribution in [0.2, 0.25) is 0 Å². The summed E-state index contributed by atoms with van der Waals surface area (Å²) >= 11 is 0. The minimum Gasteiger partial charge on any atom is -0.489 e. The average molecular weight is 414 g/mol. The maximum atomic E-state index is 12.1. The molecule has 0 aliphatic heterocycles. The molecule has 0 aromatic heterocycles. The second kappa shape index (κ2) is 11.5. The molecule has 0 aliphatic rings. The van der Waals surface area contributed by atoms with Crippen molar-refractivity contribution in [3.05, 3.63) is 101 Å². The van der Waals surface area contributed by atoms with E-state index in [4.69, 9.17) is 10.00 Å². The van der Waals surface area contributed by atoms with Gasteiger partial charge in [-0.3, -0.25) is 4.79 Å². The highest BCUT2D eigenvalue weighted by Crippen LogP contribution is 2.16. The van der Waals surface area contributed by atoms with Crippen molar-refractivity contribution in [2.45, 2.75) is 33.0 Å². The van der Waals surface area contributed by atoms with E-state index < -0.39 is 0 Å². The van der Waals surface area contributed by atoms with E-state index in [1.807, 2.05) is 73.7 Å². The highest BCUT2D eigenvalue weighted by Gasteiger charge is 2.05. The van der Waals surface area contributed by atoms with Crippen LogP contribution >= 0.6 is 0 Å². The van der Waals surface area contributed by atoms with Crippen molar-refractivity contribution >= 4 is 5.91 Å². The molecule has 0 bridgehead atoms. The van der Waals surface area contributed by atoms with Crippen LogP contribution in [0.1, 0.15) is 46.0 Å². The number of amides is 1.